The van der Waals surface area contributed by atoms with E-state index in [1.807, 2.05) is 17.5 Å². The summed E-state index contributed by atoms with van der Waals surface area (Å²) in [5.41, 5.74) is 9.88. The number of amides is 1. The third-order valence-corrected chi connectivity index (χ3v) is 2.56. The van der Waals surface area contributed by atoms with Crippen molar-refractivity contribution in [3.05, 3.63) is 22.4 Å². The van der Waals surface area contributed by atoms with E-state index in [0.29, 0.717) is 6.42 Å². The molecule has 0 fully saturated rings. The van der Waals surface area contributed by atoms with E-state index in [0.717, 1.165) is 4.88 Å². The molecule has 1 amide bonds. The summed E-state index contributed by atoms with van der Waals surface area (Å²) in [7, 11) is 0. The van der Waals surface area contributed by atoms with Crippen LogP contribution in [0.4, 0.5) is 0 Å². The summed E-state index contributed by atoms with van der Waals surface area (Å²) >= 11 is 1.58. The van der Waals surface area contributed by atoms with Crippen LogP contribution < -0.4 is 11.5 Å². The Balaban J connectivity index is 2.69. The van der Waals surface area contributed by atoms with Crippen molar-refractivity contribution in [2.45, 2.75) is 18.9 Å². The Morgan fingerprint density at radius 2 is 2.42 bits per heavy atom. The van der Waals surface area contributed by atoms with Gasteiger partial charge in [-0.3, -0.25) is 4.79 Å². The van der Waals surface area contributed by atoms with Crippen molar-refractivity contribution in [2.75, 3.05) is 0 Å². The highest BCUT2D eigenvalue weighted by molar-refractivity contribution is 7.09. The Bertz CT molecular complexity index is 267. The molecule has 1 rings (SSSR count). The Kier molecular flexibility index (Phi) is 2.49. The summed E-state index contributed by atoms with van der Waals surface area (Å²) in [4.78, 5) is 11.9. The predicted molar refractivity (Wildman–Crippen MR) is 49.8 cm³/mol. The molecule has 0 radical (unpaired) electrons. The number of hydrogen-bond acceptors (Lipinski definition) is 3. The average molecular weight is 184 g/mol. The zero-order valence-corrected chi connectivity index (χ0v) is 7.73. The molecule has 1 aromatic rings. The van der Waals surface area contributed by atoms with E-state index < -0.39 is 11.4 Å². The standard InChI is InChI=1S/C8H12N2OS/c1-8(10,7(9)11)5-6-3-2-4-12-6/h2-4H,5,10H2,1H3,(H2,9,11)/t8-/m1/s1. The van der Waals surface area contributed by atoms with E-state index in [9.17, 15) is 4.79 Å². The number of hydrogen-bond donors (Lipinski definition) is 2. The smallest absolute Gasteiger partial charge is 0.237 e. The van der Waals surface area contributed by atoms with Crippen LogP contribution in [0.2, 0.25) is 0 Å². The van der Waals surface area contributed by atoms with Gasteiger partial charge in [-0.1, -0.05) is 6.07 Å². The van der Waals surface area contributed by atoms with Crippen LogP contribution in [-0.4, -0.2) is 11.4 Å². The molecule has 0 aliphatic carbocycles. The quantitative estimate of drug-likeness (QED) is 0.718. The first kappa shape index (κ1) is 9.22. The summed E-state index contributed by atoms with van der Waals surface area (Å²) in [6.07, 6.45) is 0.514. The summed E-state index contributed by atoms with van der Waals surface area (Å²) in [6.45, 7) is 1.65. The van der Waals surface area contributed by atoms with Crippen molar-refractivity contribution in [2.24, 2.45) is 11.5 Å². The van der Waals surface area contributed by atoms with Gasteiger partial charge in [-0.25, -0.2) is 0 Å². The van der Waals surface area contributed by atoms with Gasteiger partial charge in [-0.15, -0.1) is 11.3 Å². The minimum Gasteiger partial charge on any atom is -0.368 e. The molecule has 1 heterocycles. The number of nitrogens with two attached hydrogens (primary N) is 2. The van der Waals surface area contributed by atoms with Gasteiger partial charge < -0.3 is 11.5 Å². The van der Waals surface area contributed by atoms with E-state index in [1.54, 1.807) is 18.3 Å². The molecule has 1 aromatic heterocycles. The predicted octanol–water partition coefficient (Wildman–Crippen LogP) is 0.493. The van der Waals surface area contributed by atoms with Crippen molar-refractivity contribution in [1.29, 1.82) is 0 Å². The summed E-state index contributed by atoms with van der Waals surface area (Å²) in [5, 5.41) is 1.95. The highest BCUT2D eigenvalue weighted by atomic mass is 32.1. The van der Waals surface area contributed by atoms with Crippen LogP contribution in [-0.2, 0) is 11.2 Å². The molecule has 4 heteroatoms. The Hall–Kier alpha value is -0.870. The molecule has 0 saturated heterocycles. The molecule has 0 aliphatic heterocycles. The van der Waals surface area contributed by atoms with Gasteiger partial charge in [0.2, 0.25) is 5.91 Å². The molecule has 4 N–H and O–H groups in total. The lowest BCUT2D eigenvalue weighted by Gasteiger charge is -2.18. The van der Waals surface area contributed by atoms with Gasteiger partial charge in [0.25, 0.3) is 0 Å². The molecule has 0 bridgehead atoms. The number of primary amides is 1. The Labute approximate surface area is 75.4 Å². The fourth-order valence-corrected chi connectivity index (χ4v) is 1.73. The zero-order chi connectivity index (χ0) is 9.19. The van der Waals surface area contributed by atoms with Crippen LogP contribution in [0.5, 0.6) is 0 Å². The van der Waals surface area contributed by atoms with Crippen LogP contribution >= 0.6 is 11.3 Å². The normalized spacial score (nSPS) is 15.5. The molecule has 1 atom stereocenters. The second-order valence-electron chi connectivity index (χ2n) is 3.04. The molecule has 66 valence electrons. The first-order chi connectivity index (χ1) is 5.52. The number of carbonyl (C=O) groups excluding carboxylic acids is 1. The van der Waals surface area contributed by atoms with Crippen LogP contribution in [0.25, 0.3) is 0 Å². The second-order valence-corrected chi connectivity index (χ2v) is 4.07. The monoisotopic (exact) mass is 184 g/mol. The molecule has 0 saturated carbocycles. The van der Waals surface area contributed by atoms with E-state index in [2.05, 4.69) is 0 Å². The maximum absolute atomic E-state index is 10.8. The van der Waals surface area contributed by atoms with E-state index >= 15 is 0 Å². The molecule has 12 heavy (non-hydrogen) atoms. The van der Waals surface area contributed by atoms with Gasteiger partial charge >= 0.3 is 0 Å². The van der Waals surface area contributed by atoms with Crippen molar-refractivity contribution in [3.8, 4) is 0 Å². The third kappa shape index (κ3) is 2.06. The molecule has 0 unspecified atom stereocenters. The average Bonchev–Trinajstić information content (AvgIpc) is 2.38. The van der Waals surface area contributed by atoms with Crippen LogP contribution in [0.3, 0.4) is 0 Å². The van der Waals surface area contributed by atoms with Gasteiger partial charge in [0.05, 0.1) is 5.54 Å². The van der Waals surface area contributed by atoms with Gasteiger partial charge in [-0.05, 0) is 18.4 Å². The molecule has 0 aromatic carbocycles. The topological polar surface area (TPSA) is 69.1 Å². The minimum absolute atomic E-state index is 0.462. The maximum Gasteiger partial charge on any atom is 0.237 e. The fraction of sp³-hybridized carbons (Fsp3) is 0.375. The molecule has 3 nitrogen and oxygen atoms in total. The molecular weight excluding hydrogens is 172 g/mol. The Morgan fingerprint density at radius 3 is 2.83 bits per heavy atom. The van der Waals surface area contributed by atoms with Crippen LogP contribution in [0, 0.1) is 0 Å². The van der Waals surface area contributed by atoms with Gasteiger partial charge in [-0.2, -0.15) is 0 Å². The maximum atomic E-state index is 10.8. The first-order valence-electron chi connectivity index (χ1n) is 3.63. The van der Waals surface area contributed by atoms with E-state index in [4.69, 9.17) is 11.5 Å². The lowest BCUT2D eigenvalue weighted by atomic mass is 9.98. The van der Waals surface area contributed by atoms with Crippen LogP contribution in [0.1, 0.15) is 11.8 Å². The van der Waals surface area contributed by atoms with E-state index in [-0.39, 0.29) is 0 Å². The number of thiophene rings is 1. The lowest BCUT2D eigenvalue weighted by Crippen LogP contribution is -2.50. The highest BCUT2D eigenvalue weighted by Crippen LogP contribution is 2.15. The summed E-state index contributed by atoms with van der Waals surface area (Å²) < 4.78 is 0. The minimum atomic E-state index is -0.926. The van der Waals surface area contributed by atoms with Crippen LogP contribution in [0.15, 0.2) is 17.5 Å². The van der Waals surface area contributed by atoms with Crippen molar-refractivity contribution < 1.29 is 4.79 Å². The first-order valence-corrected chi connectivity index (χ1v) is 4.51. The summed E-state index contributed by atoms with van der Waals surface area (Å²) in [5.74, 6) is -0.462. The van der Waals surface area contributed by atoms with Crippen molar-refractivity contribution in [3.63, 3.8) is 0 Å². The zero-order valence-electron chi connectivity index (χ0n) is 6.91. The third-order valence-electron chi connectivity index (χ3n) is 1.68. The van der Waals surface area contributed by atoms with Gasteiger partial charge in [0, 0.05) is 11.3 Å². The Morgan fingerprint density at radius 1 is 1.75 bits per heavy atom. The lowest BCUT2D eigenvalue weighted by molar-refractivity contribution is -0.122. The molecular formula is C8H12N2OS. The number of carbonyl (C=O) groups is 1. The van der Waals surface area contributed by atoms with Crippen molar-refractivity contribution in [1.82, 2.24) is 0 Å². The van der Waals surface area contributed by atoms with Gasteiger partial charge in [0.15, 0.2) is 0 Å². The number of rotatable bonds is 3. The van der Waals surface area contributed by atoms with Gasteiger partial charge in [0.1, 0.15) is 0 Å². The largest absolute Gasteiger partial charge is 0.368 e. The van der Waals surface area contributed by atoms with Crippen molar-refractivity contribution >= 4 is 17.2 Å². The molecule has 0 aliphatic rings. The highest BCUT2D eigenvalue weighted by Gasteiger charge is 2.25. The summed E-state index contributed by atoms with van der Waals surface area (Å²) in [6, 6.07) is 3.87. The fourth-order valence-electron chi connectivity index (χ4n) is 0.862. The SMILES string of the molecule is C[C@@](N)(Cc1cccs1)C(N)=O. The molecule has 0 spiro atoms. The van der Waals surface area contributed by atoms with E-state index in [1.165, 1.54) is 0 Å². The second kappa shape index (κ2) is 3.25.